The number of thioether (sulfide) groups is 1. The molecular formula is C21H29N3O3S. The minimum Gasteiger partial charge on any atom is -0.396 e. The van der Waals surface area contributed by atoms with Crippen molar-refractivity contribution in [2.45, 2.75) is 57.3 Å². The second-order valence-corrected chi connectivity index (χ2v) is 8.62. The van der Waals surface area contributed by atoms with Gasteiger partial charge in [-0.1, -0.05) is 50.6 Å². The molecule has 7 heteroatoms. The zero-order valence-electron chi connectivity index (χ0n) is 16.6. The predicted molar refractivity (Wildman–Crippen MR) is 113 cm³/mol. The van der Waals surface area contributed by atoms with E-state index in [1.807, 2.05) is 18.2 Å². The Morgan fingerprint density at radius 2 is 2.11 bits per heavy atom. The van der Waals surface area contributed by atoms with Crippen LogP contribution in [0.5, 0.6) is 0 Å². The van der Waals surface area contributed by atoms with Crippen LogP contribution >= 0.6 is 11.8 Å². The van der Waals surface area contributed by atoms with Crippen LogP contribution in [0.1, 0.15) is 39.5 Å². The van der Waals surface area contributed by atoms with E-state index in [1.165, 1.54) is 18.2 Å². The van der Waals surface area contributed by atoms with Crippen molar-refractivity contribution in [1.29, 1.82) is 0 Å². The molecule has 1 saturated carbocycles. The first kappa shape index (κ1) is 20.9. The SMILES string of the molecule is CC1CCCC(NC(=O)CSc2nc3ccccc3c(=O)n2CCCO)C1C. The number of nitrogens with one attached hydrogen (secondary N) is 1. The van der Waals surface area contributed by atoms with Crippen molar-refractivity contribution < 1.29 is 9.90 Å². The first-order valence-corrected chi connectivity index (χ1v) is 11.0. The fourth-order valence-corrected chi connectivity index (χ4v) is 4.68. The Morgan fingerprint density at radius 1 is 1.32 bits per heavy atom. The predicted octanol–water partition coefficient (Wildman–Crippen LogP) is 2.81. The number of para-hydroxylation sites is 1. The van der Waals surface area contributed by atoms with E-state index in [1.54, 1.807) is 10.6 Å². The van der Waals surface area contributed by atoms with Gasteiger partial charge < -0.3 is 10.4 Å². The third-order valence-electron chi connectivity index (χ3n) is 5.75. The van der Waals surface area contributed by atoms with Gasteiger partial charge in [-0.2, -0.15) is 0 Å². The van der Waals surface area contributed by atoms with Crippen LogP contribution in [0, 0.1) is 11.8 Å². The van der Waals surface area contributed by atoms with Gasteiger partial charge in [0.1, 0.15) is 0 Å². The number of benzene rings is 1. The molecule has 28 heavy (non-hydrogen) atoms. The van der Waals surface area contributed by atoms with Gasteiger partial charge in [0.05, 0.1) is 16.7 Å². The number of aromatic nitrogens is 2. The summed E-state index contributed by atoms with van der Waals surface area (Å²) >= 11 is 1.28. The molecule has 152 valence electrons. The number of nitrogens with zero attached hydrogens (tertiary/aromatic N) is 2. The molecule has 0 saturated heterocycles. The van der Waals surface area contributed by atoms with E-state index in [0.717, 1.165) is 12.8 Å². The molecule has 3 rings (SSSR count). The van der Waals surface area contributed by atoms with E-state index in [0.29, 0.717) is 40.9 Å². The molecule has 1 aliphatic carbocycles. The largest absolute Gasteiger partial charge is 0.396 e. The summed E-state index contributed by atoms with van der Waals surface area (Å²) in [5.41, 5.74) is 0.502. The van der Waals surface area contributed by atoms with E-state index in [-0.39, 0.29) is 29.9 Å². The molecule has 3 atom stereocenters. The lowest BCUT2D eigenvalue weighted by molar-refractivity contribution is -0.120. The maximum atomic E-state index is 12.8. The summed E-state index contributed by atoms with van der Waals surface area (Å²) in [6, 6.07) is 7.45. The average molecular weight is 404 g/mol. The molecule has 2 N–H and O–H groups in total. The molecule has 2 aromatic rings. The molecule has 1 aliphatic rings. The topological polar surface area (TPSA) is 84.2 Å². The molecule has 3 unspecified atom stereocenters. The highest BCUT2D eigenvalue weighted by Crippen LogP contribution is 2.29. The van der Waals surface area contributed by atoms with Crippen molar-refractivity contribution >= 4 is 28.6 Å². The average Bonchev–Trinajstić information content (AvgIpc) is 2.69. The fourth-order valence-electron chi connectivity index (χ4n) is 3.85. The molecular weight excluding hydrogens is 374 g/mol. The van der Waals surface area contributed by atoms with E-state index in [4.69, 9.17) is 5.11 Å². The van der Waals surface area contributed by atoms with Gasteiger partial charge >= 0.3 is 0 Å². The van der Waals surface area contributed by atoms with Crippen LogP contribution in [0.15, 0.2) is 34.2 Å². The number of amides is 1. The molecule has 0 aliphatic heterocycles. The third-order valence-corrected chi connectivity index (χ3v) is 6.73. The Balaban J connectivity index is 1.73. The molecule has 0 spiro atoms. The number of carbonyl (C=O) groups excluding carboxylic acids is 1. The van der Waals surface area contributed by atoms with Crippen LogP contribution in [0.25, 0.3) is 10.9 Å². The van der Waals surface area contributed by atoms with Gasteiger partial charge in [0.25, 0.3) is 5.56 Å². The summed E-state index contributed by atoms with van der Waals surface area (Å²) in [5, 5.41) is 13.4. The molecule has 1 fully saturated rings. The maximum Gasteiger partial charge on any atom is 0.262 e. The standard InChI is InChI=1S/C21H29N3O3S/c1-14-7-5-10-17(15(14)2)22-19(26)13-28-21-23-18-9-4-3-8-16(18)20(27)24(21)11-6-12-25/h3-4,8-9,14-15,17,25H,5-7,10-13H2,1-2H3,(H,22,26). The Labute approximate surface area is 169 Å². The first-order valence-electron chi connectivity index (χ1n) is 10.0. The van der Waals surface area contributed by atoms with Gasteiger partial charge in [0, 0.05) is 19.2 Å². The lowest BCUT2D eigenvalue weighted by atomic mass is 9.78. The lowest BCUT2D eigenvalue weighted by Gasteiger charge is -2.34. The minimum absolute atomic E-state index is 0.00160. The maximum absolute atomic E-state index is 12.8. The van der Waals surface area contributed by atoms with Crippen LogP contribution in [0.3, 0.4) is 0 Å². The summed E-state index contributed by atoms with van der Waals surface area (Å²) < 4.78 is 1.57. The van der Waals surface area contributed by atoms with Crippen LogP contribution in [0.2, 0.25) is 0 Å². The Bertz CT molecular complexity index is 883. The summed E-state index contributed by atoms with van der Waals surface area (Å²) in [5.74, 6) is 1.30. The van der Waals surface area contributed by atoms with Crippen molar-refractivity contribution in [3.05, 3.63) is 34.6 Å². The van der Waals surface area contributed by atoms with Gasteiger partial charge in [-0.05, 0) is 36.8 Å². The Hall–Kier alpha value is -1.86. The monoisotopic (exact) mass is 403 g/mol. The number of aliphatic hydroxyl groups is 1. The second-order valence-electron chi connectivity index (χ2n) is 7.68. The third kappa shape index (κ3) is 4.75. The second kappa shape index (κ2) is 9.56. The van der Waals surface area contributed by atoms with E-state index in [9.17, 15) is 9.59 Å². The quantitative estimate of drug-likeness (QED) is 0.549. The van der Waals surface area contributed by atoms with Crippen molar-refractivity contribution in [3.63, 3.8) is 0 Å². The van der Waals surface area contributed by atoms with E-state index < -0.39 is 0 Å². The normalized spacial score (nSPS) is 22.3. The Morgan fingerprint density at radius 3 is 2.89 bits per heavy atom. The zero-order chi connectivity index (χ0) is 20.1. The molecule has 1 aromatic heterocycles. The molecule has 0 bridgehead atoms. The van der Waals surface area contributed by atoms with Crippen molar-refractivity contribution in [3.8, 4) is 0 Å². The lowest BCUT2D eigenvalue weighted by Crippen LogP contribution is -2.44. The fraction of sp³-hybridized carbons (Fsp3) is 0.571. The van der Waals surface area contributed by atoms with Gasteiger partial charge in [-0.3, -0.25) is 14.2 Å². The molecule has 6 nitrogen and oxygen atoms in total. The highest BCUT2D eigenvalue weighted by molar-refractivity contribution is 7.99. The number of rotatable bonds is 7. The molecule has 1 heterocycles. The number of hydrogen-bond donors (Lipinski definition) is 2. The smallest absolute Gasteiger partial charge is 0.262 e. The van der Waals surface area contributed by atoms with E-state index >= 15 is 0 Å². The zero-order valence-corrected chi connectivity index (χ0v) is 17.4. The summed E-state index contributed by atoms with van der Waals surface area (Å²) in [6.45, 7) is 4.84. The van der Waals surface area contributed by atoms with Crippen LogP contribution in [-0.2, 0) is 11.3 Å². The number of fused-ring (bicyclic) bond motifs is 1. The molecule has 1 amide bonds. The Kier molecular flexibility index (Phi) is 7.13. The molecule has 0 radical (unpaired) electrons. The minimum atomic E-state index is -0.128. The summed E-state index contributed by atoms with van der Waals surface area (Å²) in [4.78, 5) is 29.9. The van der Waals surface area contributed by atoms with Crippen molar-refractivity contribution in [1.82, 2.24) is 14.9 Å². The van der Waals surface area contributed by atoms with Gasteiger partial charge in [0.15, 0.2) is 5.16 Å². The van der Waals surface area contributed by atoms with Crippen LogP contribution < -0.4 is 10.9 Å². The number of carbonyl (C=O) groups is 1. The molecule has 1 aromatic carbocycles. The highest BCUT2D eigenvalue weighted by Gasteiger charge is 2.28. The van der Waals surface area contributed by atoms with Gasteiger partial charge in [-0.15, -0.1) is 0 Å². The van der Waals surface area contributed by atoms with E-state index in [2.05, 4.69) is 24.1 Å². The van der Waals surface area contributed by atoms with Crippen molar-refractivity contribution in [2.75, 3.05) is 12.4 Å². The summed E-state index contributed by atoms with van der Waals surface area (Å²) in [6.07, 6.45) is 3.87. The van der Waals surface area contributed by atoms with Crippen LogP contribution in [-0.4, -0.2) is 39.0 Å². The van der Waals surface area contributed by atoms with Gasteiger partial charge in [0.2, 0.25) is 5.91 Å². The van der Waals surface area contributed by atoms with Gasteiger partial charge in [-0.25, -0.2) is 4.98 Å². The van der Waals surface area contributed by atoms with Crippen LogP contribution in [0.4, 0.5) is 0 Å². The summed E-state index contributed by atoms with van der Waals surface area (Å²) in [7, 11) is 0. The number of hydrogen-bond acceptors (Lipinski definition) is 5. The highest BCUT2D eigenvalue weighted by atomic mass is 32.2. The van der Waals surface area contributed by atoms with Crippen molar-refractivity contribution in [2.24, 2.45) is 11.8 Å². The number of aliphatic hydroxyl groups excluding tert-OH is 1. The first-order chi connectivity index (χ1) is 13.5.